The maximum Gasteiger partial charge on any atom is 0.160 e. The molecule has 1 aromatic heterocycles. The van der Waals surface area contributed by atoms with E-state index in [1.165, 1.54) is 71.8 Å². The maximum absolute atomic E-state index is 5.27. The molecule has 63 heavy (non-hydrogen) atoms. The highest BCUT2D eigenvalue weighted by molar-refractivity contribution is 6.05. The molecule has 2 nitrogen and oxygen atoms in total. The first kappa shape index (κ1) is 36.6. The quantitative estimate of drug-likeness (QED) is 0.160. The molecule has 2 heteroatoms. The van der Waals surface area contributed by atoms with E-state index in [-0.39, 0.29) is 0 Å². The van der Waals surface area contributed by atoms with Crippen LogP contribution >= 0.6 is 0 Å². The smallest absolute Gasteiger partial charge is 0.160 e. The Balaban J connectivity index is 0.984. The third-order valence-electron chi connectivity index (χ3n) is 13.0. The van der Waals surface area contributed by atoms with E-state index in [0.717, 1.165) is 33.5 Å². The summed E-state index contributed by atoms with van der Waals surface area (Å²) >= 11 is 0. The van der Waals surface area contributed by atoms with Gasteiger partial charge in [0.25, 0.3) is 0 Å². The molecule has 0 unspecified atom stereocenters. The third-order valence-corrected chi connectivity index (χ3v) is 13.0. The minimum absolute atomic E-state index is 0.420. The zero-order valence-electron chi connectivity index (χ0n) is 34.5. The average molecular weight is 801 g/mol. The van der Waals surface area contributed by atoms with E-state index in [1.807, 2.05) is 18.2 Å². The van der Waals surface area contributed by atoms with Gasteiger partial charge in [0.15, 0.2) is 5.82 Å². The Hall–Kier alpha value is -8.20. The third kappa shape index (κ3) is 6.02. The Kier molecular flexibility index (Phi) is 8.76. The van der Waals surface area contributed by atoms with Gasteiger partial charge in [-0.1, -0.05) is 224 Å². The number of benzene rings is 10. The van der Waals surface area contributed by atoms with Crippen LogP contribution in [0.5, 0.6) is 0 Å². The Morgan fingerprint density at radius 1 is 0.270 bits per heavy atom. The molecule has 12 rings (SSSR count). The Morgan fingerprint density at radius 2 is 0.762 bits per heavy atom. The molecule has 10 aromatic carbocycles. The van der Waals surface area contributed by atoms with Crippen LogP contribution in [0.2, 0.25) is 0 Å². The van der Waals surface area contributed by atoms with Crippen LogP contribution in [0.1, 0.15) is 22.3 Å². The van der Waals surface area contributed by atoms with E-state index in [0.29, 0.717) is 5.82 Å². The molecule has 0 aliphatic heterocycles. The van der Waals surface area contributed by atoms with E-state index in [9.17, 15) is 0 Å². The number of nitrogens with zero attached hydrogens (tertiary/aromatic N) is 2. The van der Waals surface area contributed by atoms with Crippen LogP contribution in [-0.2, 0) is 5.41 Å². The average Bonchev–Trinajstić information content (AvgIpc) is 3.67. The lowest BCUT2D eigenvalue weighted by molar-refractivity contribution is 0.768. The van der Waals surface area contributed by atoms with Crippen LogP contribution in [0, 0.1) is 0 Å². The second-order valence-electron chi connectivity index (χ2n) is 16.4. The minimum atomic E-state index is -0.420. The molecule has 0 radical (unpaired) electrons. The zero-order chi connectivity index (χ0) is 41.7. The molecule has 0 spiro atoms. The van der Waals surface area contributed by atoms with Gasteiger partial charge in [-0.05, 0) is 95.4 Å². The normalized spacial score (nSPS) is 12.6. The number of fused-ring (bicyclic) bond motifs is 5. The van der Waals surface area contributed by atoms with Crippen molar-refractivity contribution in [2.45, 2.75) is 5.41 Å². The first-order valence-corrected chi connectivity index (χ1v) is 21.6. The van der Waals surface area contributed by atoms with Crippen molar-refractivity contribution in [3.63, 3.8) is 0 Å². The van der Waals surface area contributed by atoms with Gasteiger partial charge in [0.2, 0.25) is 0 Å². The summed E-state index contributed by atoms with van der Waals surface area (Å²) in [6.07, 6.45) is 0. The van der Waals surface area contributed by atoms with Gasteiger partial charge in [-0.2, -0.15) is 0 Å². The summed E-state index contributed by atoms with van der Waals surface area (Å²) in [6, 6.07) is 87.7. The molecule has 11 aromatic rings. The molecule has 294 valence electrons. The molecule has 0 amide bonds. The lowest BCUT2D eigenvalue weighted by Crippen LogP contribution is -2.28. The second-order valence-corrected chi connectivity index (χ2v) is 16.4. The van der Waals surface area contributed by atoms with E-state index in [4.69, 9.17) is 9.97 Å². The fraction of sp³-hybridized carbons (Fsp3) is 0.0164. The summed E-state index contributed by atoms with van der Waals surface area (Å²) in [4.78, 5) is 10.5. The Bertz CT molecular complexity index is 3460. The lowest BCUT2D eigenvalue weighted by atomic mass is 9.67. The Labute approximate surface area is 367 Å². The van der Waals surface area contributed by atoms with Crippen molar-refractivity contribution in [3.05, 3.63) is 265 Å². The van der Waals surface area contributed by atoms with E-state index in [1.54, 1.807) is 0 Å². The topological polar surface area (TPSA) is 25.8 Å². The van der Waals surface area contributed by atoms with Crippen LogP contribution in [0.15, 0.2) is 243 Å². The molecular weight excluding hydrogens is 761 g/mol. The number of hydrogen-bond donors (Lipinski definition) is 0. The van der Waals surface area contributed by atoms with Gasteiger partial charge < -0.3 is 0 Å². The van der Waals surface area contributed by atoms with Gasteiger partial charge in [0, 0.05) is 16.7 Å². The van der Waals surface area contributed by atoms with Gasteiger partial charge in [-0.15, -0.1) is 0 Å². The molecule has 1 aliphatic rings. The number of hydrogen-bond acceptors (Lipinski definition) is 2. The standard InChI is InChI=1S/C61H40N2/c1-4-19-42(20-5-1)60-62-58(53-32-17-21-41-18-10-11-28-48(41)53)40-59(63-60)54-36-35-49(50-29-12-13-30-51(50)54)45-23-16-22-43(38-45)44-34-37-57-55(39-44)52-31-14-15-33-56(52)61(57,46-24-6-2-7-25-46)47-26-8-3-9-27-47/h1-40H. The van der Waals surface area contributed by atoms with Gasteiger partial charge >= 0.3 is 0 Å². The van der Waals surface area contributed by atoms with Crippen molar-refractivity contribution < 1.29 is 0 Å². The van der Waals surface area contributed by atoms with Crippen molar-refractivity contribution in [2.75, 3.05) is 0 Å². The van der Waals surface area contributed by atoms with Crippen molar-refractivity contribution in [1.82, 2.24) is 9.97 Å². The van der Waals surface area contributed by atoms with Crippen LogP contribution in [-0.4, -0.2) is 9.97 Å². The van der Waals surface area contributed by atoms with Gasteiger partial charge in [-0.3, -0.25) is 0 Å². The fourth-order valence-corrected chi connectivity index (χ4v) is 10.2. The molecule has 1 heterocycles. The van der Waals surface area contributed by atoms with E-state index >= 15 is 0 Å². The predicted molar refractivity (Wildman–Crippen MR) is 262 cm³/mol. The van der Waals surface area contributed by atoms with Crippen LogP contribution in [0.3, 0.4) is 0 Å². The van der Waals surface area contributed by atoms with Crippen molar-refractivity contribution in [3.8, 4) is 67.3 Å². The summed E-state index contributed by atoms with van der Waals surface area (Å²) in [5.74, 6) is 0.707. The predicted octanol–water partition coefficient (Wildman–Crippen LogP) is 15.5. The molecule has 1 aliphatic carbocycles. The molecule has 0 saturated carbocycles. The fourth-order valence-electron chi connectivity index (χ4n) is 10.2. The highest BCUT2D eigenvalue weighted by Crippen LogP contribution is 2.56. The monoisotopic (exact) mass is 800 g/mol. The molecule has 0 saturated heterocycles. The summed E-state index contributed by atoms with van der Waals surface area (Å²) in [5, 5.41) is 4.68. The van der Waals surface area contributed by atoms with Crippen molar-refractivity contribution in [2.24, 2.45) is 0 Å². The molecule has 0 bridgehead atoms. The summed E-state index contributed by atoms with van der Waals surface area (Å²) in [5.41, 5.74) is 17.0. The summed E-state index contributed by atoms with van der Waals surface area (Å²) < 4.78 is 0. The van der Waals surface area contributed by atoms with Gasteiger partial charge in [-0.25, -0.2) is 9.97 Å². The molecule has 0 atom stereocenters. The first-order chi connectivity index (χ1) is 31.2. The van der Waals surface area contributed by atoms with E-state index in [2.05, 4.69) is 224 Å². The molecular formula is C61H40N2. The Morgan fingerprint density at radius 3 is 1.51 bits per heavy atom. The molecule has 0 fully saturated rings. The second kappa shape index (κ2) is 15.1. The summed E-state index contributed by atoms with van der Waals surface area (Å²) in [7, 11) is 0. The van der Waals surface area contributed by atoms with Crippen molar-refractivity contribution in [1.29, 1.82) is 0 Å². The number of rotatable bonds is 7. The SMILES string of the molecule is c1ccc(-c2nc(-c3cccc4ccccc34)cc(-c3ccc(-c4cccc(-c5ccc6c(c5)-c5ccccc5C6(c5ccccc5)c5ccccc5)c4)c4ccccc34)n2)cc1. The highest BCUT2D eigenvalue weighted by atomic mass is 14.9. The van der Waals surface area contributed by atoms with Crippen LogP contribution < -0.4 is 0 Å². The maximum atomic E-state index is 5.27. The van der Waals surface area contributed by atoms with Crippen LogP contribution in [0.25, 0.3) is 88.8 Å². The summed E-state index contributed by atoms with van der Waals surface area (Å²) in [6.45, 7) is 0. The molecule has 0 N–H and O–H groups in total. The first-order valence-electron chi connectivity index (χ1n) is 21.6. The largest absolute Gasteiger partial charge is 0.228 e. The number of aromatic nitrogens is 2. The van der Waals surface area contributed by atoms with Crippen LogP contribution in [0.4, 0.5) is 0 Å². The lowest BCUT2D eigenvalue weighted by Gasteiger charge is -2.33. The van der Waals surface area contributed by atoms with E-state index < -0.39 is 5.41 Å². The zero-order valence-corrected chi connectivity index (χ0v) is 34.5. The minimum Gasteiger partial charge on any atom is -0.228 e. The highest BCUT2D eigenvalue weighted by Gasteiger charge is 2.45. The van der Waals surface area contributed by atoms with Crippen molar-refractivity contribution >= 4 is 21.5 Å². The van der Waals surface area contributed by atoms with Gasteiger partial charge in [0.05, 0.1) is 16.8 Å². The van der Waals surface area contributed by atoms with Gasteiger partial charge in [0.1, 0.15) is 0 Å².